The summed E-state index contributed by atoms with van der Waals surface area (Å²) in [6.45, 7) is 0. The van der Waals surface area contributed by atoms with E-state index in [9.17, 15) is 14.4 Å². The molecule has 7 heteroatoms. The average Bonchev–Trinajstić information content (AvgIpc) is 2.34. The molecule has 18 heavy (non-hydrogen) atoms. The van der Waals surface area contributed by atoms with E-state index in [-0.39, 0.29) is 5.56 Å². The summed E-state index contributed by atoms with van der Waals surface area (Å²) in [6.07, 6.45) is -0.475. The molecule has 7 nitrogen and oxygen atoms in total. The van der Waals surface area contributed by atoms with Crippen LogP contribution in [0.1, 0.15) is 16.8 Å². The number of rotatable bonds is 6. The monoisotopic (exact) mass is 252 g/mol. The summed E-state index contributed by atoms with van der Waals surface area (Å²) < 4.78 is 0. The summed E-state index contributed by atoms with van der Waals surface area (Å²) >= 11 is 0. The summed E-state index contributed by atoms with van der Waals surface area (Å²) in [4.78, 5) is 37.4. The average molecular weight is 252 g/mol. The molecule has 0 saturated carbocycles. The van der Waals surface area contributed by atoms with Gasteiger partial charge in [0.1, 0.15) is 6.04 Å². The van der Waals surface area contributed by atoms with Crippen molar-refractivity contribution in [1.82, 2.24) is 5.48 Å². The molecule has 0 radical (unpaired) electrons. The molecule has 0 saturated heterocycles. The number of nitrogens with two attached hydrogens (primary N) is 1. The lowest BCUT2D eigenvalue weighted by atomic mass is 10.2. The van der Waals surface area contributed by atoms with Gasteiger partial charge in [-0.1, -0.05) is 18.2 Å². The number of hydrogen-bond donors (Lipinski definition) is 3. The normalized spacial score (nSPS) is 11.6. The first kappa shape index (κ1) is 13.7. The number of hydroxylamine groups is 1. The Kier molecular flexibility index (Phi) is 4.82. The number of hydrogen-bond acceptors (Lipinski definition) is 5. The third-order valence-electron chi connectivity index (χ3n) is 2.01. The van der Waals surface area contributed by atoms with Gasteiger partial charge in [0.15, 0.2) is 0 Å². The van der Waals surface area contributed by atoms with Gasteiger partial charge in [-0.15, -0.1) is 5.48 Å². The van der Waals surface area contributed by atoms with Crippen molar-refractivity contribution in [3.05, 3.63) is 35.9 Å². The molecule has 4 N–H and O–H groups in total. The smallest absolute Gasteiger partial charge is 0.356 e. The molecule has 96 valence electrons. The first-order chi connectivity index (χ1) is 8.50. The van der Waals surface area contributed by atoms with Crippen molar-refractivity contribution in [2.24, 2.45) is 5.73 Å². The van der Waals surface area contributed by atoms with E-state index in [0.29, 0.717) is 0 Å². The van der Waals surface area contributed by atoms with Crippen LogP contribution < -0.4 is 11.2 Å². The highest BCUT2D eigenvalue weighted by Crippen LogP contribution is 2.01. The molecule has 0 aromatic heterocycles. The fourth-order valence-electron chi connectivity index (χ4n) is 1.14. The molecule has 0 unspecified atom stereocenters. The van der Waals surface area contributed by atoms with Gasteiger partial charge in [-0.05, 0) is 12.1 Å². The number of amides is 1. The highest BCUT2D eigenvalue weighted by Gasteiger charge is 2.21. The summed E-state index contributed by atoms with van der Waals surface area (Å²) in [7, 11) is 0. The van der Waals surface area contributed by atoms with Gasteiger partial charge in [0.2, 0.25) is 5.91 Å². The molecule has 1 amide bonds. The lowest BCUT2D eigenvalue weighted by Gasteiger charge is -2.12. The lowest BCUT2D eigenvalue weighted by molar-refractivity contribution is -0.144. The van der Waals surface area contributed by atoms with E-state index in [1.54, 1.807) is 18.2 Å². The van der Waals surface area contributed by atoms with E-state index >= 15 is 0 Å². The Balaban J connectivity index is 2.55. The molecule has 1 aromatic rings. The molecule has 0 aliphatic rings. The van der Waals surface area contributed by atoms with Crippen LogP contribution in [0.15, 0.2) is 30.3 Å². The van der Waals surface area contributed by atoms with Crippen LogP contribution >= 0.6 is 0 Å². The first-order valence-corrected chi connectivity index (χ1v) is 5.03. The largest absolute Gasteiger partial charge is 0.480 e. The Bertz CT molecular complexity index is 446. The Labute approximate surface area is 102 Å². The maximum atomic E-state index is 11.5. The number of primary amides is 1. The number of carbonyl (C=O) groups excluding carboxylic acids is 2. The molecule has 0 spiro atoms. The van der Waals surface area contributed by atoms with Crippen LogP contribution in [0.2, 0.25) is 0 Å². The van der Waals surface area contributed by atoms with Crippen molar-refractivity contribution in [2.75, 3.05) is 0 Å². The topological polar surface area (TPSA) is 119 Å². The Morgan fingerprint density at radius 1 is 1.28 bits per heavy atom. The molecule has 1 aromatic carbocycles. The number of carboxylic acids is 1. The number of benzene rings is 1. The van der Waals surface area contributed by atoms with E-state index < -0.39 is 30.3 Å². The van der Waals surface area contributed by atoms with Crippen molar-refractivity contribution in [1.29, 1.82) is 0 Å². The highest BCUT2D eigenvalue weighted by molar-refractivity contribution is 5.89. The van der Waals surface area contributed by atoms with Crippen LogP contribution in [-0.4, -0.2) is 29.0 Å². The minimum atomic E-state index is -1.37. The second-order valence-corrected chi connectivity index (χ2v) is 3.43. The summed E-state index contributed by atoms with van der Waals surface area (Å²) in [6, 6.07) is 6.64. The Morgan fingerprint density at radius 2 is 1.89 bits per heavy atom. The van der Waals surface area contributed by atoms with E-state index in [1.807, 2.05) is 5.48 Å². The van der Waals surface area contributed by atoms with Gasteiger partial charge in [-0.2, -0.15) is 0 Å². The van der Waals surface area contributed by atoms with Crippen LogP contribution in [0.5, 0.6) is 0 Å². The van der Waals surface area contributed by atoms with E-state index in [4.69, 9.17) is 10.8 Å². The third-order valence-corrected chi connectivity index (χ3v) is 2.01. The molecule has 0 bridgehead atoms. The summed E-state index contributed by atoms with van der Waals surface area (Å²) in [5.74, 6) is -2.90. The standard InChI is InChI=1S/C11H12N2O5/c12-9(14)6-8(10(15)16)13-18-11(17)7-4-2-1-3-5-7/h1-5,8,13H,6H2,(H2,12,14)(H,15,16)/t8-/m0/s1. The SMILES string of the molecule is NC(=O)C[C@H](NOC(=O)c1ccccc1)C(=O)O. The van der Waals surface area contributed by atoms with Crippen molar-refractivity contribution < 1.29 is 24.3 Å². The van der Waals surface area contributed by atoms with E-state index in [1.165, 1.54) is 12.1 Å². The predicted molar refractivity (Wildman–Crippen MR) is 60.2 cm³/mol. The fraction of sp³-hybridized carbons (Fsp3) is 0.182. The van der Waals surface area contributed by atoms with Crippen molar-refractivity contribution in [2.45, 2.75) is 12.5 Å². The summed E-state index contributed by atoms with van der Waals surface area (Å²) in [5, 5.41) is 8.74. The predicted octanol–water partition coefficient (Wildman–Crippen LogP) is -0.323. The molecule has 0 heterocycles. The second kappa shape index (κ2) is 6.36. The summed E-state index contributed by atoms with van der Waals surface area (Å²) in [5.41, 5.74) is 7.12. The van der Waals surface area contributed by atoms with Crippen molar-refractivity contribution in [3.8, 4) is 0 Å². The molecule has 1 rings (SSSR count). The molecule has 0 aliphatic heterocycles. The van der Waals surface area contributed by atoms with Gasteiger partial charge in [-0.25, -0.2) is 4.79 Å². The van der Waals surface area contributed by atoms with Crippen LogP contribution in [0.3, 0.4) is 0 Å². The Morgan fingerprint density at radius 3 is 2.39 bits per heavy atom. The second-order valence-electron chi connectivity index (χ2n) is 3.43. The zero-order chi connectivity index (χ0) is 13.5. The fourth-order valence-corrected chi connectivity index (χ4v) is 1.14. The number of aliphatic carboxylic acids is 1. The quantitative estimate of drug-likeness (QED) is 0.597. The van der Waals surface area contributed by atoms with Crippen LogP contribution in [0.25, 0.3) is 0 Å². The van der Waals surface area contributed by atoms with Gasteiger partial charge >= 0.3 is 11.9 Å². The van der Waals surface area contributed by atoms with Crippen LogP contribution in [0, 0.1) is 0 Å². The molecular formula is C11H12N2O5. The van der Waals surface area contributed by atoms with E-state index in [2.05, 4.69) is 4.84 Å². The van der Waals surface area contributed by atoms with Crippen molar-refractivity contribution in [3.63, 3.8) is 0 Å². The first-order valence-electron chi connectivity index (χ1n) is 5.03. The number of nitrogens with one attached hydrogen (secondary N) is 1. The van der Waals surface area contributed by atoms with Gasteiger partial charge in [0.25, 0.3) is 0 Å². The zero-order valence-corrected chi connectivity index (χ0v) is 9.33. The van der Waals surface area contributed by atoms with Crippen molar-refractivity contribution >= 4 is 17.8 Å². The van der Waals surface area contributed by atoms with Gasteiger partial charge < -0.3 is 15.7 Å². The maximum Gasteiger partial charge on any atom is 0.356 e. The van der Waals surface area contributed by atoms with E-state index in [0.717, 1.165) is 0 Å². The molecule has 1 atom stereocenters. The Hall–Kier alpha value is -2.41. The lowest BCUT2D eigenvalue weighted by Crippen LogP contribution is -2.41. The zero-order valence-electron chi connectivity index (χ0n) is 9.33. The molecular weight excluding hydrogens is 240 g/mol. The highest BCUT2D eigenvalue weighted by atomic mass is 16.7. The van der Waals surface area contributed by atoms with Gasteiger partial charge in [-0.3, -0.25) is 9.59 Å². The number of carbonyl (C=O) groups is 3. The minimum absolute atomic E-state index is 0.258. The van der Waals surface area contributed by atoms with Gasteiger partial charge in [0, 0.05) is 0 Å². The number of carboxylic acid groups (broad SMARTS) is 1. The van der Waals surface area contributed by atoms with Crippen LogP contribution in [-0.2, 0) is 14.4 Å². The molecule has 0 aliphatic carbocycles. The third kappa shape index (κ3) is 4.22. The van der Waals surface area contributed by atoms with Gasteiger partial charge in [0.05, 0.1) is 12.0 Å². The maximum absolute atomic E-state index is 11.5. The molecule has 0 fully saturated rings. The van der Waals surface area contributed by atoms with Crippen LogP contribution in [0.4, 0.5) is 0 Å². The minimum Gasteiger partial charge on any atom is -0.480 e.